The molecule has 0 aliphatic rings. The Morgan fingerprint density at radius 1 is 1.19 bits per heavy atom. The number of amides is 1. The van der Waals surface area contributed by atoms with Crippen LogP contribution in [0.4, 0.5) is 11.4 Å². The standard InChI is InChI=1S/C25H29N3O4/c1-6-28(4)21-9-7-8-20(15-21)26-25(29)13-11-19-10-12-23(24(14-19)30-5)31-16-22-17(2)27-32-18(22)3/h7-15H,6,16H2,1-5H3,(H,26,29)/b13-11+. The van der Waals surface area contributed by atoms with Crippen molar-refractivity contribution in [2.24, 2.45) is 0 Å². The molecule has 32 heavy (non-hydrogen) atoms. The van der Waals surface area contributed by atoms with Gasteiger partial charge >= 0.3 is 0 Å². The molecule has 7 heteroatoms. The summed E-state index contributed by atoms with van der Waals surface area (Å²) in [6, 6.07) is 13.3. The number of aryl methyl sites for hydroxylation is 2. The van der Waals surface area contributed by atoms with E-state index >= 15 is 0 Å². The molecular formula is C25H29N3O4. The van der Waals surface area contributed by atoms with Gasteiger partial charge in [-0.25, -0.2) is 0 Å². The molecule has 0 radical (unpaired) electrons. The molecule has 0 aliphatic heterocycles. The Labute approximate surface area is 188 Å². The number of aromatic nitrogens is 1. The number of hydrogen-bond donors (Lipinski definition) is 1. The van der Waals surface area contributed by atoms with Crippen molar-refractivity contribution in [2.75, 3.05) is 30.9 Å². The maximum atomic E-state index is 12.4. The molecular weight excluding hydrogens is 406 g/mol. The summed E-state index contributed by atoms with van der Waals surface area (Å²) in [7, 11) is 3.59. The molecule has 1 N–H and O–H groups in total. The van der Waals surface area contributed by atoms with Crippen LogP contribution < -0.4 is 19.7 Å². The first kappa shape index (κ1) is 22.9. The number of carbonyl (C=O) groups is 1. The zero-order valence-corrected chi connectivity index (χ0v) is 19.1. The molecule has 2 aromatic carbocycles. The molecule has 0 bridgehead atoms. The van der Waals surface area contributed by atoms with Crippen LogP contribution in [0.2, 0.25) is 0 Å². The van der Waals surface area contributed by atoms with Gasteiger partial charge in [-0.2, -0.15) is 0 Å². The quantitative estimate of drug-likeness (QED) is 0.477. The molecule has 1 aromatic heterocycles. The summed E-state index contributed by atoms with van der Waals surface area (Å²) in [5.74, 6) is 1.71. The third kappa shape index (κ3) is 5.69. The van der Waals surface area contributed by atoms with Crippen molar-refractivity contribution in [2.45, 2.75) is 27.4 Å². The van der Waals surface area contributed by atoms with E-state index in [2.05, 4.69) is 22.3 Å². The third-order valence-electron chi connectivity index (χ3n) is 5.20. The summed E-state index contributed by atoms with van der Waals surface area (Å²) in [4.78, 5) is 14.5. The van der Waals surface area contributed by atoms with Gasteiger partial charge in [0.05, 0.1) is 18.4 Å². The Balaban J connectivity index is 1.65. The fourth-order valence-electron chi connectivity index (χ4n) is 3.12. The van der Waals surface area contributed by atoms with Crippen LogP contribution in [0.25, 0.3) is 6.08 Å². The van der Waals surface area contributed by atoms with Crippen molar-refractivity contribution in [3.8, 4) is 11.5 Å². The number of methoxy groups -OCH3 is 1. The molecule has 3 rings (SSSR count). The zero-order valence-electron chi connectivity index (χ0n) is 19.1. The Morgan fingerprint density at radius 2 is 2.00 bits per heavy atom. The van der Waals surface area contributed by atoms with E-state index in [0.717, 1.165) is 40.5 Å². The van der Waals surface area contributed by atoms with E-state index in [1.165, 1.54) is 6.08 Å². The number of ether oxygens (including phenoxy) is 2. The minimum absolute atomic E-state index is 0.209. The first-order valence-electron chi connectivity index (χ1n) is 10.4. The highest BCUT2D eigenvalue weighted by Crippen LogP contribution is 2.30. The number of anilines is 2. The molecule has 1 amide bonds. The van der Waals surface area contributed by atoms with Crippen LogP contribution in [0.5, 0.6) is 11.5 Å². The van der Waals surface area contributed by atoms with Crippen LogP contribution in [-0.2, 0) is 11.4 Å². The Hall–Kier alpha value is -3.74. The Morgan fingerprint density at radius 3 is 2.69 bits per heavy atom. The van der Waals surface area contributed by atoms with Gasteiger partial charge in [0.2, 0.25) is 5.91 Å². The van der Waals surface area contributed by atoms with Crippen molar-refractivity contribution in [3.05, 3.63) is 71.1 Å². The summed E-state index contributed by atoms with van der Waals surface area (Å²) >= 11 is 0. The normalized spacial score (nSPS) is 10.9. The van der Waals surface area contributed by atoms with E-state index in [9.17, 15) is 4.79 Å². The average molecular weight is 436 g/mol. The lowest BCUT2D eigenvalue weighted by Crippen LogP contribution is -2.16. The predicted octanol–water partition coefficient (Wildman–Crippen LogP) is 4.99. The van der Waals surface area contributed by atoms with E-state index < -0.39 is 0 Å². The van der Waals surface area contributed by atoms with Crippen LogP contribution in [0.3, 0.4) is 0 Å². The van der Waals surface area contributed by atoms with Gasteiger partial charge < -0.3 is 24.2 Å². The lowest BCUT2D eigenvalue weighted by molar-refractivity contribution is -0.111. The smallest absolute Gasteiger partial charge is 0.248 e. The molecule has 0 fully saturated rings. The van der Waals surface area contributed by atoms with Crippen LogP contribution in [-0.4, -0.2) is 31.8 Å². The lowest BCUT2D eigenvalue weighted by Gasteiger charge is -2.17. The Kier molecular flexibility index (Phi) is 7.54. The van der Waals surface area contributed by atoms with Crippen molar-refractivity contribution in [3.63, 3.8) is 0 Å². The van der Waals surface area contributed by atoms with Crippen LogP contribution in [0.1, 0.15) is 29.5 Å². The maximum absolute atomic E-state index is 12.4. The molecule has 0 spiro atoms. The zero-order chi connectivity index (χ0) is 23.1. The Bertz CT molecular complexity index is 1080. The molecule has 168 valence electrons. The topological polar surface area (TPSA) is 76.8 Å². The van der Waals surface area contributed by atoms with Crippen molar-refractivity contribution in [1.29, 1.82) is 0 Å². The van der Waals surface area contributed by atoms with Crippen LogP contribution in [0, 0.1) is 13.8 Å². The summed E-state index contributed by atoms with van der Waals surface area (Å²) < 4.78 is 16.5. The highest BCUT2D eigenvalue weighted by Gasteiger charge is 2.12. The van der Waals surface area contributed by atoms with Crippen molar-refractivity contribution in [1.82, 2.24) is 5.16 Å². The number of benzene rings is 2. The lowest BCUT2D eigenvalue weighted by atomic mass is 10.1. The predicted molar refractivity (Wildman–Crippen MR) is 126 cm³/mol. The number of carbonyl (C=O) groups excluding carboxylic acids is 1. The van der Waals surface area contributed by atoms with E-state index in [0.29, 0.717) is 18.1 Å². The van der Waals surface area contributed by atoms with E-state index in [4.69, 9.17) is 14.0 Å². The number of rotatable bonds is 9. The fraction of sp³-hybridized carbons (Fsp3) is 0.280. The van der Waals surface area contributed by atoms with Gasteiger partial charge in [-0.3, -0.25) is 4.79 Å². The van der Waals surface area contributed by atoms with Crippen molar-refractivity contribution >= 4 is 23.4 Å². The molecule has 0 atom stereocenters. The third-order valence-corrected chi connectivity index (χ3v) is 5.20. The first-order chi connectivity index (χ1) is 15.4. The van der Waals surface area contributed by atoms with E-state index in [-0.39, 0.29) is 5.91 Å². The molecule has 0 aliphatic carbocycles. The van der Waals surface area contributed by atoms with E-state index in [1.807, 2.05) is 63.4 Å². The number of hydrogen-bond acceptors (Lipinski definition) is 6. The second-order valence-electron chi connectivity index (χ2n) is 7.39. The second-order valence-corrected chi connectivity index (χ2v) is 7.39. The summed E-state index contributed by atoms with van der Waals surface area (Å²) in [6.07, 6.45) is 3.23. The van der Waals surface area contributed by atoms with Crippen molar-refractivity contribution < 1.29 is 18.8 Å². The molecule has 0 unspecified atom stereocenters. The van der Waals surface area contributed by atoms with Gasteiger partial charge in [0.15, 0.2) is 11.5 Å². The highest BCUT2D eigenvalue weighted by molar-refractivity contribution is 6.02. The summed E-state index contributed by atoms with van der Waals surface area (Å²) in [5, 5.41) is 6.83. The minimum atomic E-state index is -0.209. The fourth-order valence-corrected chi connectivity index (χ4v) is 3.12. The van der Waals surface area contributed by atoms with Gasteiger partial charge in [0, 0.05) is 31.0 Å². The van der Waals surface area contributed by atoms with Gasteiger partial charge in [-0.1, -0.05) is 17.3 Å². The first-order valence-corrected chi connectivity index (χ1v) is 10.4. The molecule has 3 aromatic rings. The second kappa shape index (κ2) is 10.5. The average Bonchev–Trinajstić information content (AvgIpc) is 3.13. The highest BCUT2D eigenvalue weighted by atomic mass is 16.5. The maximum Gasteiger partial charge on any atom is 0.248 e. The number of nitrogens with one attached hydrogen (secondary N) is 1. The van der Waals surface area contributed by atoms with Gasteiger partial charge in [0.1, 0.15) is 12.4 Å². The molecule has 0 saturated heterocycles. The summed E-state index contributed by atoms with van der Waals surface area (Å²) in [5.41, 5.74) is 4.34. The largest absolute Gasteiger partial charge is 0.493 e. The molecule has 0 saturated carbocycles. The minimum Gasteiger partial charge on any atom is -0.493 e. The number of nitrogens with zero attached hydrogens (tertiary/aromatic N) is 2. The van der Waals surface area contributed by atoms with Crippen LogP contribution >= 0.6 is 0 Å². The molecule has 7 nitrogen and oxygen atoms in total. The van der Waals surface area contributed by atoms with Gasteiger partial charge in [0.25, 0.3) is 0 Å². The molecule has 1 heterocycles. The SMILES string of the molecule is CCN(C)c1cccc(NC(=O)/C=C/c2ccc(OCc3c(C)noc3C)c(OC)c2)c1. The monoisotopic (exact) mass is 435 g/mol. The van der Waals surface area contributed by atoms with Gasteiger partial charge in [-0.05, 0) is 62.7 Å². The summed E-state index contributed by atoms with van der Waals surface area (Å²) in [6.45, 7) is 7.03. The van der Waals surface area contributed by atoms with Gasteiger partial charge in [-0.15, -0.1) is 0 Å². The van der Waals surface area contributed by atoms with Crippen LogP contribution in [0.15, 0.2) is 53.1 Å². The van der Waals surface area contributed by atoms with E-state index in [1.54, 1.807) is 13.2 Å².